The summed E-state index contributed by atoms with van der Waals surface area (Å²) in [6, 6.07) is 0. The molecule has 0 aliphatic heterocycles. The van der Waals surface area contributed by atoms with Gasteiger partial charge >= 0.3 is 12.1 Å². The predicted molar refractivity (Wildman–Crippen MR) is 65.2 cm³/mol. The van der Waals surface area contributed by atoms with Crippen molar-refractivity contribution in [2.75, 3.05) is 6.54 Å². The molecular weight excluding hydrogens is 281 g/mol. The molecule has 0 aromatic heterocycles. The Labute approximate surface area is 113 Å². The Bertz CT molecular complexity index is 327. The number of rotatable bonds is 8. The zero-order chi connectivity index (χ0) is 14.8. The van der Waals surface area contributed by atoms with Gasteiger partial charge in [-0.1, -0.05) is 6.92 Å². The maximum atomic E-state index is 12.7. The molecule has 3 atom stereocenters. The van der Waals surface area contributed by atoms with Crippen LogP contribution in [-0.2, 0) is 25.3 Å². The van der Waals surface area contributed by atoms with E-state index in [4.69, 9.17) is 9.29 Å². The third-order valence-electron chi connectivity index (χ3n) is 1.88. The Morgan fingerprint density at radius 1 is 1.42 bits per heavy atom. The van der Waals surface area contributed by atoms with E-state index >= 15 is 0 Å². The molecule has 0 bridgehead atoms. The fourth-order valence-electron chi connectivity index (χ4n) is 1.05. The van der Waals surface area contributed by atoms with Crippen molar-refractivity contribution in [2.24, 2.45) is 0 Å². The quantitative estimate of drug-likeness (QED) is 0.398. The maximum Gasteiger partial charge on any atom is 0.410 e. The van der Waals surface area contributed by atoms with Gasteiger partial charge in [0.05, 0.1) is 0 Å². The van der Waals surface area contributed by atoms with E-state index in [0.29, 0.717) is 6.42 Å². The minimum absolute atomic E-state index is 0.165. The molecule has 0 heterocycles. The summed E-state index contributed by atoms with van der Waals surface area (Å²) in [5, 5.41) is 2.17. The van der Waals surface area contributed by atoms with Crippen molar-refractivity contribution in [1.82, 2.24) is 5.32 Å². The molecule has 112 valence electrons. The lowest BCUT2D eigenvalue weighted by Gasteiger charge is -2.14. The summed E-state index contributed by atoms with van der Waals surface area (Å²) >= 11 is -2.57. The molecule has 0 spiro atoms. The van der Waals surface area contributed by atoms with Gasteiger partial charge in [0.25, 0.3) is 0 Å². The van der Waals surface area contributed by atoms with Crippen LogP contribution in [0.25, 0.3) is 0 Å². The molecule has 2 N–H and O–H groups in total. The summed E-state index contributed by atoms with van der Waals surface area (Å²) in [5.74, 6) is -0.484. The van der Waals surface area contributed by atoms with Crippen LogP contribution in [0.1, 0.15) is 33.1 Å². The molecule has 0 rings (SSSR count). The van der Waals surface area contributed by atoms with Crippen molar-refractivity contribution < 1.29 is 32.2 Å². The van der Waals surface area contributed by atoms with Crippen LogP contribution in [0.4, 0.5) is 9.18 Å². The van der Waals surface area contributed by atoms with E-state index < -0.39 is 34.9 Å². The molecule has 7 nitrogen and oxygen atoms in total. The standard InChI is InChI=1S/C10H18FNO6S/c1-3-4-9(13)17-7(2)18-10(14)12-6-5-8(11)19(15)16/h7-8H,3-6H2,1-2H3,(H,12,14)(H,15,16). The highest BCUT2D eigenvalue weighted by molar-refractivity contribution is 7.79. The first-order valence-electron chi connectivity index (χ1n) is 5.74. The molecule has 1 amide bonds. The number of hydrogen-bond acceptors (Lipinski definition) is 5. The lowest BCUT2D eigenvalue weighted by Crippen LogP contribution is -2.32. The summed E-state index contributed by atoms with van der Waals surface area (Å²) in [5.41, 5.74) is -1.93. The largest absolute Gasteiger partial charge is 0.425 e. The van der Waals surface area contributed by atoms with Crippen LogP contribution >= 0.6 is 0 Å². The second kappa shape index (κ2) is 9.68. The van der Waals surface area contributed by atoms with Crippen molar-refractivity contribution in [1.29, 1.82) is 0 Å². The van der Waals surface area contributed by atoms with E-state index in [1.165, 1.54) is 6.92 Å². The number of hydrogen-bond donors (Lipinski definition) is 2. The molecule has 0 aromatic rings. The topological polar surface area (TPSA) is 102 Å². The van der Waals surface area contributed by atoms with Crippen LogP contribution < -0.4 is 5.32 Å². The number of alkyl halides is 1. The van der Waals surface area contributed by atoms with Crippen molar-refractivity contribution in [3.8, 4) is 0 Å². The lowest BCUT2D eigenvalue weighted by atomic mass is 10.3. The molecule has 0 radical (unpaired) electrons. The Morgan fingerprint density at radius 3 is 2.58 bits per heavy atom. The van der Waals surface area contributed by atoms with E-state index in [0.717, 1.165) is 0 Å². The maximum absolute atomic E-state index is 12.7. The summed E-state index contributed by atoms with van der Waals surface area (Å²) in [6.07, 6.45) is -1.42. The second-order valence-corrected chi connectivity index (χ2v) is 4.68. The van der Waals surface area contributed by atoms with Crippen LogP contribution in [0.3, 0.4) is 0 Å². The third-order valence-corrected chi connectivity index (χ3v) is 2.56. The number of esters is 1. The fraction of sp³-hybridized carbons (Fsp3) is 0.800. The molecule has 0 aliphatic carbocycles. The predicted octanol–water partition coefficient (Wildman–Crippen LogP) is 1.31. The highest BCUT2D eigenvalue weighted by Crippen LogP contribution is 2.01. The smallest absolute Gasteiger partial charge is 0.410 e. The van der Waals surface area contributed by atoms with Gasteiger partial charge in [-0.25, -0.2) is 13.4 Å². The van der Waals surface area contributed by atoms with Crippen molar-refractivity contribution in [2.45, 2.75) is 44.9 Å². The van der Waals surface area contributed by atoms with E-state index in [9.17, 15) is 18.2 Å². The summed E-state index contributed by atoms with van der Waals surface area (Å²) in [6.45, 7) is 3.01. The Morgan fingerprint density at radius 2 is 2.05 bits per heavy atom. The Balaban J connectivity index is 3.79. The van der Waals surface area contributed by atoms with Crippen LogP contribution in [0.15, 0.2) is 0 Å². The van der Waals surface area contributed by atoms with Crippen LogP contribution in [0, 0.1) is 0 Å². The van der Waals surface area contributed by atoms with Gasteiger partial charge < -0.3 is 19.3 Å². The number of amides is 1. The van der Waals surface area contributed by atoms with Gasteiger partial charge in [0.2, 0.25) is 11.8 Å². The van der Waals surface area contributed by atoms with E-state index in [1.54, 1.807) is 6.92 Å². The van der Waals surface area contributed by atoms with Crippen molar-refractivity contribution >= 4 is 23.1 Å². The zero-order valence-electron chi connectivity index (χ0n) is 10.8. The van der Waals surface area contributed by atoms with Gasteiger partial charge in [-0.2, -0.15) is 0 Å². The average molecular weight is 299 g/mol. The van der Waals surface area contributed by atoms with E-state index in [2.05, 4.69) is 10.1 Å². The van der Waals surface area contributed by atoms with Crippen molar-refractivity contribution in [3.63, 3.8) is 0 Å². The molecule has 0 saturated heterocycles. The zero-order valence-corrected chi connectivity index (χ0v) is 11.6. The highest BCUT2D eigenvalue weighted by atomic mass is 32.2. The normalized spacial score (nSPS) is 15.2. The number of nitrogens with one attached hydrogen (secondary N) is 1. The average Bonchev–Trinajstić information content (AvgIpc) is 2.28. The number of carbonyl (C=O) groups excluding carboxylic acids is 2. The molecule has 0 fully saturated rings. The second-order valence-electron chi connectivity index (χ2n) is 3.61. The van der Waals surface area contributed by atoms with Gasteiger partial charge in [-0.05, 0) is 6.42 Å². The molecular formula is C10H18FNO6S. The Hall–Kier alpha value is -1.22. The number of ether oxygens (including phenoxy) is 2. The van der Waals surface area contributed by atoms with Gasteiger partial charge in [-0.15, -0.1) is 0 Å². The molecule has 3 unspecified atom stereocenters. The summed E-state index contributed by atoms with van der Waals surface area (Å²) in [7, 11) is 0. The first-order valence-corrected chi connectivity index (χ1v) is 6.91. The van der Waals surface area contributed by atoms with Crippen LogP contribution in [0.2, 0.25) is 0 Å². The van der Waals surface area contributed by atoms with Crippen molar-refractivity contribution in [3.05, 3.63) is 0 Å². The molecule has 9 heteroatoms. The first kappa shape index (κ1) is 17.8. The number of alkyl carbamates (subject to hydrolysis) is 1. The SMILES string of the molecule is CCCC(=O)OC(C)OC(=O)NCCC(F)S(=O)O. The highest BCUT2D eigenvalue weighted by Gasteiger charge is 2.15. The van der Waals surface area contributed by atoms with Gasteiger partial charge in [-0.3, -0.25) is 4.79 Å². The van der Waals surface area contributed by atoms with Gasteiger partial charge in [0, 0.05) is 26.3 Å². The van der Waals surface area contributed by atoms with E-state index in [1.807, 2.05) is 0 Å². The number of halogens is 1. The Kier molecular flexibility index (Phi) is 9.06. The van der Waals surface area contributed by atoms with E-state index in [-0.39, 0.29) is 19.4 Å². The van der Waals surface area contributed by atoms with Crippen LogP contribution in [-0.4, -0.2) is 39.2 Å². The minimum atomic E-state index is -2.57. The summed E-state index contributed by atoms with van der Waals surface area (Å²) < 4.78 is 40.7. The lowest BCUT2D eigenvalue weighted by molar-refractivity contribution is -0.164. The van der Waals surface area contributed by atoms with Gasteiger partial charge in [0.15, 0.2) is 11.1 Å². The molecule has 19 heavy (non-hydrogen) atoms. The fourth-order valence-corrected chi connectivity index (χ4v) is 1.37. The minimum Gasteiger partial charge on any atom is -0.425 e. The van der Waals surface area contributed by atoms with Gasteiger partial charge in [0.1, 0.15) is 0 Å². The number of carbonyl (C=O) groups is 2. The molecule has 0 aromatic carbocycles. The van der Waals surface area contributed by atoms with Crippen LogP contribution in [0.5, 0.6) is 0 Å². The third kappa shape index (κ3) is 9.37. The first-order chi connectivity index (χ1) is 8.86. The summed E-state index contributed by atoms with van der Waals surface area (Å²) in [4.78, 5) is 22.2. The monoisotopic (exact) mass is 299 g/mol. The molecule has 0 aliphatic rings. The molecule has 0 saturated carbocycles.